The second-order valence-electron chi connectivity index (χ2n) is 5.96. The van der Waals surface area contributed by atoms with Crippen molar-refractivity contribution < 1.29 is 18.4 Å². The Morgan fingerprint density at radius 3 is 2.52 bits per heavy atom. The van der Waals surface area contributed by atoms with E-state index in [1.165, 1.54) is 36.6 Å². The zero-order chi connectivity index (χ0) is 20.5. The van der Waals surface area contributed by atoms with E-state index in [0.717, 1.165) is 11.3 Å². The molecule has 29 heavy (non-hydrogen) atoms. The Morgan fingerprint density at radius 2 is 1.76 bits per heavy atom. The zero-order valence-electron chi connectivity index (χ0n) is 14.5. The first-order valence-corrected chi connectivity index (χ1v) is 9.83. The number of furan rings is 1. The fraction of sp³-hybridized carbons (Fsp3) is 0. The molecule has 0 atom stereocenters. The van der Waals surface area contributed by atoms with Gasteiger partial charge in [0.15, 0.2) is 5.76 Å². The molecule has 0 spiro atoms. The lowest BCUT2D eigenvalue weighted by Gasteiger charge is -2.12. The summed E-state index contributed by atoms with van der Waals surface area (Å²) in [4.78, 5) is 25.3. The molecule has 2 heterocycles. The van der Waals surface area contributed by atoms with Gasteiger partial charge in [-0.15, -0.1) is 11.3 Å². The predicted molar refractivity (Wildman–Crippen MR) is 113 cm³/mol. The summed E-state index contributed by atoms with van der Waals surface area (Å²) in [7, 11) is 0. The van der Waals surface area contributed by atoms with Crippen LogP contribution in [0.1, 0.15) is 20.2 Å². The van der Waals surface area contributed by atoms with E-state index in [1.54, 1.807) is 18.2 Å². The lowest BCUT2D eigenvalue weighted by molar-refractivity contribution is 0.0993. The molecule has 0 saturated heterocycles. The van der Waals surface area contributed by atoms with Crippen LogP contribution < -0.4 is 10.6 Å². The maximum Gasteiger partial charge on any atom is 0.291 e. The Morgan fingerprint density at radius 1 is 0.966 bits per heavy atom. The normalized spacial score (nSPS) is 10.9. The second kappa shape index (κ2) is 7.87. The largest absolute Gasteiger partial charge is 0.459 e. The highest BCUT2D eigenvalue weighted by atomic mass is 35.5. The third-order valence-corrected chi connectivity index (χ3v) is 5.91. The lowest BCUT2D eigenvalue weighted by Crippen LogP contribution is -2.16. The number of carbonyl (C=O) groups is 2. The first kappa shape index (κ1) is 19.4. The van der Waals surface area contributed by atoms with Crippen LogP contribution in [-0.4, -0.2) is 11.8 Å². The number of nitrogens with one attached hydrogen (secondary N) is 2. The van der Waals surface area contributed by atoms with Crippen molar-refractivity contribution in [1.82, 2.24) is 0 Å². The van der Waals surface area contributed by atoms with Crippen LogP contribution in [0.2, 0.25) is 10.0 Å². The number of fused-ring (bicyclic) bond motifs is 1. The van der Waals surface area contributed by atoms with Crippen molar-refractivity contribution in [3.8, 4) is 0 Å². The van der Waals surface area contributed by atoms with Gasteiger partial charge in [0.05, 0.1) is 22.7 Å². The van der Waals surface area contributed by atoms with Crippen molar-refractivity contribution in [2.24, 2.45) is 0 Å². The maximum absolute atomic E-state index is 13.5. The third kappa shape index (κ3) is 3.98. The van der Waals surface area contributed by atoms with E-state index in [9.17, 15) is 14.0 Å². The van der Waals surface area contributed by atoms with E-state index in [0.29, 0.717) is 20.8 Å². The summed E-state index contributed by atoms with van der Waals surface area (Å²) >= 11 is 13.4. The van der Waals surface area contributed by atoms with Crippen LogP contribution in [0, 0.1) is 5.82 Å². The van der Waals surface area contributed by atoms with Crippen LogP contribution >= 0.6 is 34.5 Å². The molecule has 0 radical (unpaired) electrons. The molecule has 2 aromatic heterocycles. The van der Waals surface area contributed by atoms with Gasteiger partial charge in [0.1, 0.15) is 10.7 Å². The molecule has 0 saturated carbocycles. The average molecular weight is 449 g/mol. The summed E-state index contributed by atoms with van der Waals surface area (Å²) in [6.45, 7) is 0. The summed E-state index contributed by atoms with van der Waals surface area (Å²) in [5, 5.41) is 6.55. The van der Waals surface area contributed by atoms with Crippen LogP contribution in [-0.2, 0) is 0 Å². The average Bonchev–Trinajstić information content (AvgIpc) is 3.32. The molecule has 4 rings (SSSR count). The van der Waals surface area contributed by atoms with Gasteiger partial charge in [-0.2, -0.15) is 0 Å². The fourth-order valence-corrected chi connectivity index (χ4v) is 4.29. The van der Waals surface area contributed by atoms with Gasteiger partial charge in [-0.05, 0) is 48.5 Å². The number of rotatable bonds is 4. The summed E-state index contributed by atoms with van der Waals surface area (Å²) < 4.78 is 19.1. The third-order valence-electron chi connectivity index (χ3n) is 4.02. The van der Waals surface area contributed by atoms with Crippen LogP contribution in [0.4, 0.5) is 15.8 Å². The zero-order valence-corrected chi connectivity index (χ0v) is 16.8. The smallest absolute Gasteiger partial charge is 0.291 e. The van der Waals surface area contributed by atoms with E-state index >= 15 is 0 Å². The van der Waals surface area contributed by atoms with Gasteiger partial charge in [-0.25, -0.2) is 4.39 Å². The molecule has 0 fully saturated rings. The Balaban J connectivity index is 1.63. The number of anilines is 2. The van der Waals surface area contributed by atoms with Gasteiger partial charge in [-0.1, -0.05) is 23.2 Å². The van der Waals surface area contributed by atoms with Crippen molar-refractivity contribution in [2.45, 2.75) is 0 Å². The van der Waals surface area contributed by atoms with Crippen molar-refractivity contribution in [1.29, 1.82) is 0 Å². The summed E-state index contributed by atoms with van der Waals surface area (Å²) in [5.41, 5.74) is 0.606. The standard InChI is InChI=1S/C20H11Cl2FN2O3S/c21-10-3-6-13(14(8-10)25-19(26)15-2-1-7-28-15)24-20(27)18-17(22)12-5-4-11(23)9-16(12)29-18/h1-9H,(H,24,27)(H,25,26). The van der Waals surface area contributed by atoms with E-state index in [2.05, 4.69) is 10.6 Å². The first-order chi connectivity index (χ1) is 13.9. The molecule has 2 N–H and O–H groups in total. The summed E-state index contributed by atoms with van der Waals surface area (Å²) in [5.74, 6) is -1.30. The van der Waals surface area contributed by atoms with Gasteiger partial charge < -0.3 is 15.1 Å². The van der Waals surface area contributed by atoms with Crippen molar-refractivity contribution in [3.05, 3.63) is 81.3 Å². The quantitative estimate of drug-likeness (QED) is 0.377. The van der Waals surface area contributed by atoms with Crippen LogP contribution in [0.5, 0.6) is 0 Å². The Kier molecular flexibility index (Phi) is 5.27. The van der Waals surface area contributed by atoms with Crippen LogP contribution in [0.3, 0.4) is 0 Å². The first-order valence-electron chi connectivity index (χ1n) is 8.25. The molecule has 0 bridgehead atoms. The predicted octanol–water partition coefficient (Wildman–Crippen LogP) is 6.44. The lowest BCUT2D eigenvalue weighted by atomic mass is 10.2. The number of halogens is 3. The van der Waals surface area contributed by atoms with Gasteiger partial charge in [0, 0.05) is 15.1 Å². The van der Waals surface area contributed by atoms with Gasteiger partial charge >= 0.3 is 0 Å². The molecular formula is C20H11Cl2FN2O3S. The molecule has 0 aliphatic rings. The molecule has 0 aliphatic heterocycles. The van der Waals surface area contributed by atoms with Crippen LogP contribution in [0.25, 0.3) is 10.1 Å². The molecule has 9 heteroatoms. The highest BCUT2D eigenvalue weighted by Gasteiger charge is 2.20. The highest BCUT2D eigenvalue weighted by molar-refractivity contribution is 7.21. The molecule has 4 aromatic rings. The van der Waals surface area contributed by atoms with E-state index < -0.39 is 17.6 Å². The molecule has 2 aromatic carbocycles. The van der Waals surface area contributed by atoms with E-state index in [1.807, 2.05) is 0 Å². The molecule has 5 nitrogen and oxygen atoms in total. The topological polar surface area (TPSA) is 71.3 Å². The van der Waals surface area contributed by atoms with E-state index in [4.69, 9.17) is 27.6 Å². The SMILES string of the molecule is O=C(Nc1cc(Cl)ccc1NC(=O)c1sc2cc(F)ccc2c1Cl)c1ccco1. The Bertz CT molecular complexity index is 1240. The Labute approximate surface area is 178 Å². The summed E-state index contributed by atoms with van der Waals surface area (Å²) in [6, 6.07) is 11.8. The maximum atomic E-state index is 13.5. The molecule has 2 amide bonds. The number of benzene rings is 2. The molecule has 146 valence electrons. The number of hydrogen-bond acceptors (Lipinski definition) is 4. The minimum Gasteiger partial charge on any atom is -0.459 e. The van der Waals surface area contributed by atoms with Gasteiger partial charge in [0.2, 0.25) is 0 Å². The number of hydrogen-bond donors (Lipinski definition) is 2. The molecule has 0 aliphatic carbocycles. The van der Waals surface area contributed by atoms with Crippen molar-refractivity contribution in [3.63, 3.8) is 0 Å². The van der Waals surface area contributed by atoms with E-state index in [-0.39, 0.29) is 21.3 Å². The highest BCUT2D eigenvalue weighted by Crippen LogP contribution is 2.36. The Hall–Kier alpha value is -2.87. The number of amides is 2. The minimum atomic E-state index is -0.497. The molecular weight excluding hydrogens is 438 g/mol. The fourth-order valence-electron chi connectivity index (χ4n) is 2.68. The van der Waals surface area contributed by atoms with Crippen LogP contribution in [0.15, 0.2) is 59.2 Å². The van der Waals surface area contributed by atoms with Crippen molar-refractivity contribution >= 4 is 67.8 Å². The monoisotopic (exact) mass is 448 g/mol. The minimum absolute atomic E-state index is 0.108. The number of carbonyl (C=O) groups excluding carboxylic acids is 2. The van der Waals surface area contributed by atoms with Crippen molar-refractivity contribution in [2.75, 3.05) is 10.6 Å². The second-order valence-corrected chi connectivity index (χ2v) is 7.83. The number of thiophene rings is 1. The summed E-state index contributed by atoms with van der Waals surface area (Å²) in [6.07, 6.45) is 1.38. The van der Waals surface area contributed by atoms with Gasteiger partial charge in [0.25, 0.3) is 11.8 Å². The van der Waals surface area contributed by atoms with Gasteiger partial charge in [-0.3, -0.25) is 9.59 Å². The molecule has 0 unspecified atom stereocenters.